The number of anilines is 1. The third-order valence-corrected chi connectivity index (χ3v) is 1.88. The predicted molar refractivity (Wildman–Crippen MR) is 59.0 cm³/mol. The van der Waals surface area contributed by atoms with Gasteiger partial charge in [-0.3, -0.25) is 14.9 Å². The Kier molecular flexibility index (Phi) is 3.22. The highest BCUT2D eigenvalue weighted by Crippen LogP contribution is 2.17. The second kappa shape index (κ2) is 4.26. The molecule has 1 N–H and O–H groups in total. The zero-order chi connectivity index (χ0) is 12.3. The number of nitrogens with one attached hydrogen (secondary N) is 1. The van der Waals surface area contributed by atoms with Crippen LogP contribution in [0.4, 0.5) is 11.5 Å². The van der Waals surface area contributed by atoms with Crippen molar-refractivity contribution in [1.29, 1.82) is 0 Å². The number of hydrogen-bond donors (Lipinski definition) is 1. The van der Waals surface area contributed by atoms with Crippen LogP contribution in [0.3, 0.4) is 0 Å². The summed E-state index contributed by atoms with van der Waals surface area (Å²) in [4.78, 5) is 25.2. The summed E-state index contributed by atoms with van der Waals surface area (Å²) in [6.07, 6.45) is 1.11. The van der Waals surface area contributed by atoms with Crippen molar-refractivity contribution in [2.45, 2.75) is 20.8 Å². The van der Waals surface area contributed by atoms with Crippen LogP contribution in [0.1, 0.15) is 20.8 Å². The first-order chi connectivity index (χ1) is 7.30. The number of nitro groups is 1. The van der Waals surface area contributed by atoms with E-state index in [1.54, 1.807) is 20.8 Å². The fraction of sp³-hybridized carbons (Fsp3) is 0.400. The minimum atomic E-state index is -0.539. The standard InChI is InChI=1S/C10H13N3O3/c1-10(2,3)9(14)12-8-5-4-7(6-11-8)13(15)16/h4-6H,1-3H3,(H,11,12,14). The van der Waals surface area contributed by atoms with E-state index in [1.807, 2.05) is 0 Å². The number of aromatic nitrogens is 1. The summed E-state index contributed by atoms with van der Waals surface area (Å²) in [5.74, 6) is 0.124. The molecule has 0 aromatic carbocycles. The van der Waals surface area contributed by atoms with Crippen LogP contribution in [-0.2, 0) is 4.79 Å². The Morgan fingerprint density at radius 1 is 1.44 bits per heavy atom. The molecule has 6 heteroatoms. The van der Waals surface area contributed by atoms with Gasteiger partial charge in [0.2, 0.25) is 5.91 Å². The quantitative estimate of drug-likeness (QED) is 0.613. The van der Waals surface area contributed by atoms with Gasteiger partial charge in [0.15, 0.2) is 0 Å². The maximum Gasteiger partial charge on any atom is 0.287 e. The lowest BCUT2D eigenvalue weighted by Gasteiger charge is -2.16. The largest absolute Gasteiger partial charge is 0.310 e. The summed E-state index contributed by atoms with van der Waals surface area (Å²) in [5.41, 5.74) is -0.627. The van der Waals surface area contributed by atoms with E-state index in [2.05, 4.69) is 10.3 Å². The van der Waals surface area contributed by atoms with Crippen LogP contribution >= 0.6 is 0 Å². The molecule has 0 aliphatic carbocycles. The Morgan fingerprint density at radius 2 is 2.06 bits per heavy atom. The number of hydrogen-bond acceptors (Lipinski definition) is 4. The SMILES string of the molecule is CC(C)(C)C(=O)Nc1ccc([N+](=O)[O-])cn1. The maximum atomic E-state index is 11.6. The van der Waals surface area contributed by atoms with Gasteiger partial charge in [-0.1, -0.05) is 20.8 Å². The average molecular weight is 223 g/mol. The van der Waals surface area contributed by atoms with E-state index >= 15 is 0 Å². The van der Waals surface area contributed by atoms with E-state index in [1.165, 1.54) is 12.1 Å². The molecule has 86 valence electrons. The lowest BCUT2D eigenvalue weighted by atomic mass is 9.96. The second-order valence-corrected chi connectivity index (χ2v) is 4.36. The first-order valence-corrected chi connectivity index (χ1v) is 4.72. The van der Waals surface area contributed by atoms with E-state index in [-0.39, 0.29) is 11.6 Å². The molecule has 0 saturated carbocycles. The minimum absolute atomic E-state index is 0.103. The fourth-order valence-electron chi connectivity index (χ4n) is 0.872. The van der Waals surface area contributed by atoms with Crippen molar-refractivity contribution in [3.8, 4) is 0 Å². The molecule has 1 rings (SSSR count). The molecule has 0 saturated heterocycles. The van der Waals surface area contributed by atoms with Gasteiger partial charge in [-0.05, 0) is 6.07 Å². The number of rotatable bonds is 2. The molecule has 16 heavy (non-hydrogen) atoms. The Balaban J connectivity index is 2.77. The summed E-state index contributed by atoms with van der Waals surface area (Å²) >= 11 is 0. The van der Waals surface area contributed by atoms with Gasteiger partial charge in [-0.15, -0.1) is 0 Å². The van der Waals surface area contributed by atoms with Crippen molar-refractivity contribution in [1.82, 2.24) is 4.98 Å². The first-order valence-electron chi connectivity index (χ1n) is 4.72. The lowest BCUT2D eigenvalue weighted by molar-refractivity contribution is -0.385. The number of amides is 1. The number of pyridine rings is 1. The Hall–Kier alpha value is -1.98. The highest BCUT2D eigenvalue weighted by molar-refractivity contribution is 5.93. The second-order valence-electron chi connectivity index (χ2n) is 4.36. The van der Waals surface area contributed by atoms with Gasteiger partial charge in [0, 0.05) is 11.5 Å². The minimum Gasteiger partial charge on any atom is -0.310 e. The topological polar surface area (TPSA) is 85.1 Å². The van der Waals surface area contributed by atoms with Gasteiger partial charge >= 0.3 is 0 Å². The van der Waals surface area contributed by atoms with Crippen LogP contribution in [-0.4, -0.2) is 15.8 Å². The summed E-state index contributed by atoms with van der Waals surface area (Å²) in [7, 11) is 0. The van der Waals surface area contributed by atoms with Crippen LogP contribution < -0.4 is 5.32 Å². The molecule has 0 atom stereocenters. The van der Waals surface area contributed by atoms with Gasteiger partial charge in [0.25, 0.3) is 5.69 Å². The molecule has 6 nitrogen and oxygen atoms in total. The average Bonchev–Trinajstić information content (AvgIpc) is 2.17. The van der Waals surface area contributed by atoms with Gasteiger partial charge < -0.3 is 5.32 Å². The monoisotopic (exact) mass is 223 g/mol. The zero-order valence-electron chi connectivity index (χ0n) is 9.35. The fourth-order valence-corrected chi connectivity index (χ4v) is 0.872. The molecule has 0 bridgehead atoms. The van der Waals surface area contributed by atoms with Crippen molar-refractivity contribution in [2.75, 3.05) is 5.32 Å². The van der Waals surface area contributed by atoms with Gasteiger partial charge in [-0.2, -0.15) is 0 Å². The Labute approximate surface area is 92.8 Å². The Morgan fingerprint density at radius 3 is 2.44 bits per heavy atom. The third-order valence-electron chi connectivity index (χ3n) is 1.88. The van der Waals surface area contributed by atoms with E-state index in [0.717, 1.165) is 6.20 Å². The van der Waals surface area contributed by atoms with Crippen LogP contribution in [0.15, 0.2) is 18.3 Å². The zero-order valence-corrected chi connectivity index (χ0v) is 9.35. The first kappa shape index (κ1) is 12.1. The molecule has 1 aromatic heterocycles. The van der Waals surface area contributed by atoms with Crippen molar-refractivity contribution in [3.63, 3.8) is 0 Å². The highest BCUT2D eigenvalue weighted by Gasteiger charge is 2.21. The van der Waals surface area contributed by atoms with Gasteiger partial charge in [0.1, 0.15) is 12.0 Å². The molecular weight excluding hydrogens is 210 g/mol. The van der Waals surface area contributed by atoms with Crippen molar-refractivity contribution >= 4 is 17.4 Å². The van der Waals surface area contributed by atoms with Crippen molar-refractivity contribution in [3.05, 3.63) is 28.4 Å². The molecule has 0 fully saturated rings. The smallest absolute Gasteiger partial charge is 0.287 e. The molecular formula is C10H13N3O3. The molecule has 0 radical (unpaired) electrons. The van der Waals surface area contributed by atoms with Crippen LogP contribution in [0.5, 0.6) is 0 Å². The van der Waals surface area contributed by atoms with E-state index in [4.69, 9.17) is 0 Å². The summed E-state index contributed by atoms with van der Waals surface area (Å²) in [5, 5.41) is 12.9. The van der Waals surface area contributed by atoms with Crippen LogP contribution in [0.2, 0.25) is 0 Å². The predicted octanol–water partition coefficient (Wildman–Crippen LogP) is 1.97. The molecule has 0 unspecified atom stereocenters. The van der Waals surface area contributed by atoms with Crippen LogP contribution in [0, 0.1) is 15.5 Å². The lowest BCUT2D eigenvalue weighted by Crippen LogP contribution is -2.27. The Bertz CT molecular complexity index is 406. The van der Waals surface area contributed by atoms with E-state index in [9.17, 15) is 14.9 Å². The normalized spacial score (nSPS) is 10.9. The molecule has 1 aromatic rings. The maximum absolute atomic E-state index is 11.6. The number of carbonyl (C=O) groups excluding carboxylic acids is 1. The van der Waals surface area contributed by atoms with Gasteiger partial charge in [-0.25, -0.2) is 4.98 Å². The molecule has 1 heterocycles. The van der Waals surface area contributed by atoms with Gasteiger partial charge in [0.05, 0.1) is 4.92 Å². The molecule has 0 aliphatic rings. The van der Waals surface area contributed by atoms with Crippen molar-refractivity contribution in [2.24, 2.45) is 5.41 Å². The van der Waals surface area contributed by atoms with E-state index in [0.29, 0.717) is 5.82 Å². The van der Waals surface area contributed by atoms with Crippen molar-refractivity contribution < 1.29 is 9.72 Å². The number of nitrogens with zero attached hydrogens (tertiary/aromatic N) is 2. The van der Waals surface area contributed by atoms with E-state index < -0.39 is 10.3 Å². The molecule has 1 amide bonds. The summed E-state index contributed by atoms with van der Waals surface area (Å²) < 4.78 is 0. The molecule has 0 aliphatic heterocycles. The summed E-state index contributed by atoms with van der Waals surface area (Å²) in [6, 6.07) is 2.70. The molecule has 0 spiro atoms. The number of carbonyl (C=O) groups is 1. The third kappa shape index (κ3) is 3.01. The van der Waals surface area contributed by atoms with Crippen LogP contribution in [0.25, 0.3) is 0 Å². The summed E-state index contributed by atoms with van der Waals surface area (Å²) in [6.45, 7) is 5.31. The highest BCUT2D eigenvalue weighted by atomic mass is 16.6.